The molecule has 0 aliphatic carbocycles. The molecule has 3 aromatic carbocycles. The lowest BCUT2D eigenvalue weighted by atomic mass is 9.91. The second kappa shape index (κ2) is 11.6. The van der Waals surface area contributed by atoms with Gasteiger partial charge in [-0.25, -0.2) is 9.18 Å². The lowest BCUT2D eigenvalue weighted by molar-refractivity contribution is -0.143. The summed E-state index contributed by atoms with van der Waals surface area (Å²) in [5.41, 5.74) is 0.136. The van der Waals surface area contributed by atoms with Gasteiger partial charge < -0.3 is 9.47 Å². The van der Waals surface area contributed by atoms with E-state index in [1.54, 1.807) is 31.2 Å². The number of hydrogen-bond donors (Lipinski definition) is 0. The molecule has 230 valence electrons. The molecule has 1 aliphatic rings. The van der Waals surface area contributed by atoms with Gasteiger partial charge in [-0.15, -0.1) is 0 Å². The van der Waals surface area contributed by atoms with E-state index in [2.05, 4.69) is 6.58 Å². The maximum absolute atomic E-state index is 14.8. The molecule has 0 spiro atoms. The minimum absolute atomic E-state index is 0.0274. The first-order valence-corrected chi connectivity index (χ1v) is 13.4. The standard InChI is InChI=1S/C32H30F7NO3/c1-16(2)19-7-8-24(26-13-25(17(3)4)27(33)14-28(26)42-6)21(9-19)15-40-18(5)29(43-30(40)41)20-10-22(31(34,35)36)12-23(11-20)32(37,38)39/h7-14,17-18,29H,1,15H2,2-6H3/t18-,29+/m1/s1. The highest BCUT2D eigenvalue weighted by atomic mass is 19.4. The molecule has 1 heterocycles. The molecule has 2 atom stereocenters. The van der Waals surface area contributed by atoms with E-state index in [0.717, 1.165) is 5.56 Å². The lowest BCUT2D eigenvalue weighted by Crippen LogP contribution is -2.31. The van der Waals surface area contributed by atoms with Crippen LogP contribution in [0.4, 0.5) is 35.5 Å². The van der Waals surface area contributed by atoms with Crippen molar-refractivity contribution in [3.8, 4) is 16.9 Å². The van der Waals surface area contributed by atoms with Crippen LogP contribution in [0.3, 0.4) is 0 Å². The zero-order valence-electron chi connectivity index (χ0n) is 24.1. The average Bonchev–Trinajstić information content (AvgIpc) is 3.19. The number of allylic oxidation sites excluding steroid dienone is 1. The molecule has 43 heavy (non-hydrogen) atoms. The van der Waals surface area contributed by atoms with Crippen LogP contribution < -0.4 is 4.74 Å². The number of hydrogen-bond acceptors (Lipinski definition) is 3. The number of nitrogens with zero attached hydrogens (tertiary/aromatic N) is 1. The Labute approximate surface area is 244 Å². The number of carbonyl (C=O) groups is 1. The summed E-state index contributed by atoms with van der Waals surface area (Å²) in [4.78, 5) is 14.3. The molecule has 0 radical (unpaired) electrons. The van der Waals surface area contributed by atoms with Gasteiger partial charge in [0.15, 0.2) is 0 Å². The second-order valence-corrected chi connectivity index (χ2v) is 10.9. The first kappa shape index (κ1) is 31.9. The molecular weight excluding hydrogens is 579 g/mol. The van der Waals surface area contributed by atoms with Crippen LogP contribution in [0.25, 0.3) is 16.7 Å². The fourth-order valence-corrected chi connectivity index (χ4v) is 5.13. The van der Waals surface area contributed by atoms with E-state index in [0.29, 0.717) is 40.0 Å². The normalized spacial score (nSPS) is 17.4. The van der Waals surface area contributed by atoms with Crippen LogP contribution in [0.2, 0.25) is 0 Å². The van der Waals surface area contributed by atoms with E-state index in [1.165, 1.54) is 25.0 Å². The van der Waals surface area contributed by atoms with Gasteiger partial charge in [0.2, 0.25) is 0 Å². The Bertz CT molecular complexity index is 1530. The molecule has 1 aliphatic heterocycles. The lowest BCUT2D eigenvalue weighted by Gasteiger charge is -2.24. The summed E-state index contributed by atoms with van der Waals surface area (Å²) >= 11 is 0. The van der Waals surface area contributed by atoms with Crippen molar-refractivity contribution in [1.29, 1.82) is 0 Å². The van der Waals surface area contributed by atoms with Crippen LogP contribution >= 0.6 is 0 Å². The van der Waals surface area contributed by atoms with Gasteiger partial charge >= 0.3 is 18.4 Å². The smallest absolute Gasteiger partial charge is 0.416 e. The third kappa shape index (κ3) is 6.50. The summed E-state index contributed by atoms with van der Waals surface area (Å²) in [5, 5.41) is 0. The summed E-state index contributed by atoms with van der Waals surface area (Å²) in [6, 6.07) is 8.49. The molecule has 0 N–H and O–H groups in total. The number of alkyl halides is 6. The predicted octanol–water partition coefficient (Wildman–Crippen LogP) is 9.78. The maximum Gasteiger partial charge on any atom is 0.416 e. The second-order valence-electron chi connectivity index (χ2n) is 10.9. The highest BCUT2D eigenvalue weighted by Gasteiger charge is 2.43. The largest absolute Gasteiger partial charge is 0.496 e. The van der Waals surface area contributed by atoms with Crippen LogP contribution in [0.15, 0.2) is 55.1 Å². The fraction of sp³-hybridized carbons (Fsp3) is 0.344. The van der Waals surface area contributed by atoms with E-state index in [1.807, 2.05) is 13.8 Å². The van der Waals surface area contributed by atoms with Crippen LogP contribution in [0.1, 0.15) is 73.1 Å². The van der Waals surface area contributed by atoms with Crippen molar-refractivity contribution >= 4 is 11.7 Å². The van der Waals surface area contributed by atoms with Gasteiger partial charge in [0.25, 0.3) is 0 Å². The number of ether oxygens (including phenoxy) is 2. The summed E-state index contributed by atoms with van der Waals surface area (Å²) in [7, 11) is 1.39. The number of rotatable bonds is 7. The molecular formula is C32H30F7NO3. The van der Waals surface area contributed by atoms with Gasteiger partial charge in [0, 0.05) is 11.6 Å². The average molecular weight is 610 g/mol. The van der Waals surface area contributed by atoms with Crippen molar-refractivity contribution in [3.63, 3.8) is 0 Å². The van der Waals surface area contributed by atoms with Crippen molar-refractivity contribution in [2.24, 2.45) is 0 Å². The number of cyclic esters (lactones) is 1. The molecule has 1 amide bonds. The molecule has 1 fully saturated rings. The van der Waals surface area contributed by atoms with Crippen LogP contribution in [-0.2, 0) is 23.6 Å². The Kier molecular flexibility index (Phi) is 8.59. The van der Waals surface area contributed by atoms with E-state index >= 15 is 0 Å². The highest BCUT2D eigenvalue weighted by Crippen LogP contribution is 2.43. The Morgan fingerprint density at radius 2 is 1.58 bits per heavy atom. The van der Waals surface area contributed by atoms with Crippen LogP contribution in [-0.4, -0.2) is 24.1 Å². The van der Waals surface area contributed by atoms with E-state index in [9.17, 15) is 35.5 Å². The third-order valence-corrected chi connectivity index (χ3v) is 7.50. The van der Waals surface area contributed by atoms with E-state index in [4.69, 9.17) is 9.47 Å². The van der Waals surface area contributed by atoms with Crippen molar-refractivity contribution in [2.45, 2.75) is 64.7 Å². The SMILES string of the molecule is C=C(C)c1ccc(-c2cc(C(C)C)c(F)cc2OC)c(CN2C(=O)O[C@H](c3cc(C(F)(F)F)cc(C(F)(F)F)c3)[C@H]2C)c1. The van der Waals surface area contributed by atoms with Crippen molar-refractivity contribution in [1.82, 2.24) is 4.90 Å². The van der Waals surface area contributed by atoms with Crippen molar-refractivity contribution in [3.05, 3.63) is 94.3 Å². The molecule has 3 aromatic rings. The molecule has 0 aromatic heterocycles. The molecule has 11 heteroatoms. The summed E-state index contributed by atoms with van der Waals surface area (Å²) < 4.78 is 107. The minimum Gasteiger partial charge on any atom is -0.496 e. The van der Waals surface area contributed by atoms with E-state index in [-0.39, 0.29) is 24.3 Å². The molecule has 0 saturated carbocycles. The zero-order valence-corrected chi connectivity index (χ0v) is 24.1. The molecule has 0 unspecified atom stereocenters. The Morgan fingerprint density at radius 3 is 2.09 bits per heavy atom. The van der Waals surface area contributed by atoms with Gasteiger partial charge in [-0.1, -0.05) is 38.1 Å². The monoisotopic (exact) mass is 609 g/mol. The molecule has 0 bridgehead atoms. The highest BCUT2D eigenvalue weighted by molar-refractivity contribution is 5.78. The zero-order chi connectivity index (χ0) is 32.0. The fourth-order valence-electron chi connectivity index (χ4n) is 5.13. The van der Waals surface area contributed by atoms with Gasteiger partial charge in [-0.3, -0.25) is 4.90 Å². The number of carbonyl (C=O) groups excluding carboxylic acids is 1. The molecule has 1 saturated heterocycles. The van der Waals surface area contributed by atoms with Gasteiger partial charge in [-0.05, 0) is 77.9 Å². The summed E-state index contributed by atoms with van der Waals surface area (Å²) in [5.74, 6) is -0.370. The minimum atomic E-state index is -5.05. The number of benzene rings is 3. The van der Waals surface area contributed by atoms with Gasteiger partial charge in [0.1, 0.15) is 17.7 Å². The Morgan fingerprint density at radius 1 is 0.977 bits per heavy atom. The summed E-state index contributed by atoms with van der Waals surface area (Å²) in [6.45, 7) is 10.8. The third-order valence-electron chi connectivity index (χ3n) is 7.50. The number of halogens is 7. The van der Waals surface area contributed by atoms with Gasteiger partial charge in [-0.2, -0.15) is 26.3 Å². The van der Waals surface area contributed by atoms with E-state index < -0.39 is 53.1 Å². The topological polar surface area (TPSA) is 38.8 Å². The van der Waals surface area contributed by atoms with Crippen LogP contribution in [0.5, 0.6) is 5.75 Å². The Balaban J connectivity index is 1.80. The summed E-state index contributed by atoms with van der Waals surface area (Å²) in [6.07, 6.45) is -12.4. The first-order valence-electron chi connectivity index (χ1n) is 13.4. The van der Waals surface area contributed by atoms with Crippen LogP contribution in [0, 0.1) is 5.82 Å². The molecule has 4 nitrogen and oxygen atoms in total. The van der Waals surface area contributed by atoms with Crippen molar-refractivity contribution < 1.29 is 45.0 Å². The number of methoxy groups -OCH3 is 1. The quantitative estimate of drug-likeness (QED) is 0.250. The maximum atomic E-state index is 14.8. The molecule has 4 rings (SSSR count). The van der Waals surface area contributed by atoms with Gasteiger partial charge in [0.05, 0.1) is 30.8 Å². The Hall–Kier alpha value is -4.02. The first-order chi connectivity index (χ1) is 19.9. The predicted molar refractivity (Wildman–Crippen MR) is 148 cm³/mol. The van der Waals surface area contributed by atoms with Crippen molar-refractivity contribution in [2.75, 3.05) is 7.11 Å². The number of amides is 1.